The Hall–Kier alpha value is -2.02. The van der Waals surface area contributed by atoms with E-state index in [2.05, 4.69) is 15.3 Å². The van der Waals surface area contributed by atoms with Crippen molar-refractivity contribution in [3.8, 4) is 0 Å². The standard InChI is InChI=1S/C16H19N3O3S/c1-16(2)9-11(7-8-23(16,21)22)18-15(20)14-10-17-12-5-3-4-6-13(12)19-14/h3-6,10-11H,7-9H2,1-2H3,(H,18,20). The number of para-hydroxylation sites is 2. The van der Waals surface area contributed by atoms with Gasteiger partial charge in [-0.1, -0.05) is 12.1 Å². The van der Waals surface area contributed by atoms with Crippen LogP contribution < -0.4 is 5.32 Å². The van der Waals surface area contributed by atoms with Gasteiger partial charge in [0.25, 0.3) is 5.91 Å². The largest absolute Gasteiger partial charge is 0.348 e. The van der Waals surface area contributed by atoms with Crippen molar-refractivity contribution in [3.63, 3.8) is 0 Å². The van der Waals surface area contributed by atoms with Crippen LogP contribution in [0, 0.1) is 0 Å². The van der Waals surface area contributed by atoms with Crippen molar-refractivity contribution in [2.45, 2.75) is 37.5 Å². The third-order valence-electron chi connectivity index (χ3n) is 4.33. The zero-order valence-electron chi connectivity index (χ0n) is 13.1. The van der Waals surface area contributed by atoms with E-state index < -0.39 is 14.6 Å². The van der Waals surface area contributed by atoms with Gasteiger partial charge < -0.3 is 5.32 Å². The summed E-state index contributed by atoms with van der Waals surface area (Å²) in [4.78, 5) is 20.9. The maximum atomic E-state index is 12.4. The first-order chi connectivity index (χ1) is 10.8. The molecule has 0 radical (unpaired) electrons. The molecule has 1 aliphatic rings. The third-order valence-corrected chi connectivity index (χ3v) is 6.96. The Labute approximate surface area is 135 Å². The van der Waals surface area contributed by atoms with Gasteiger partial charge >= 0.3 is 0 Å². The highest BCUT2D eigenvalue weighted by Crippen LogP contribution is 2.30. The van der Waals surface area contributed by atoms with E-state index in [9.17, 15) is 13.2 Å². The Morgan fingerprint density at radius 3 is 2.65 bits per heavy atom. The minimum atomic E-state index is -3.10. The van der Waals surface area contributed by atoms with Gasteiger partial charge in [-0.3, -0.25) is 9.78 Å². The highest BCUT2D eigenvalue weighted by Gasteiger charge is 2.41. The van der Waals surface area contributed by atoms with Gasteiger partial charge in [-0.25, -0.2) is 13.4 Å². The summed E-state index contributed by atoms with van der Waals surface area (Å²) in [6, 6.07) is 7.16. The number of sulfone groups is 1. The smallest absolute Gasteiger partial charge is 0.271 e. The minimum absolute atomic E-state index is 0.0916. The molecule has 1 aromatic heterocycles. The second-order valence-electron chi connectivity index (χ2n) is 6.49. The van der Waals surface area contributed by atoms with Crippen LogP contribution in [0.1, 0.15) is 37.2 Å². The molecular weight excluding hydrogens is 314 g/mol. The van der Waals surface area contributed by atoms with Crippen molar-refractivity contribution in [1.82, 2.24) is 15.3 Å². The molecule has 6 nitrogen and oxygen atoms in total. The lowest BCUT2D eigenvalue weighted by Crippen LogP contribution is -2.49. The molecule has 3 rings (SSSR count). The first-order valence-corrected chi connectivity index (χ1v) is 9.19. The number of rotatable bonds is 2. The molecule has 122 valence electrons. The number of nitrogens with one attached hydrogen (secondary N) is 1. The van der Waals surface area contributed by atoms with Gasteiger partial charge in [0.1, 0.15) is 5.69 Å². The SMILES string of the molecule is CC1(C)CC(NC(=O)c2cnc3ccccc3n2)CCS1(=O)=O. The minimum Gasteiger partial charge on any atom is -0.348 e. The summed E-state index contributed by atoms with van der Waals surface area (Å²) in [6.07, 6.45) is 2.28. The Bertz CT molecular complexity index is 862. The number of carbonyl (C=O) groups is 1. The molecular formula is C16H19N3O3S. The average molecular weight is 333 g/mol. The summed E-state index contributed by atoms with van der Waals surface area (Å²) in [6.45, 7) is 3.41. The van der Waals surface area contributed by atoms with Crippen LogP contribution in [0.4, 0.5) is 0 Å². The summed E-state index contributed by atoms with van der Waals surface area (Å²) in [7, 11) is -3.10. The predicted molar refractivity (Wildman–Crippen MR) is 87.9 cm³/mol. The van der Waals surface area contributed by atoms with Crippen LogP contribution in [0.5, 0.6) is 0 Å². The molecule has 1 aromatic carbocycles. The quantitative estimate of drug-likeness (QED) is 0.904. The monoisotopic (exact) mass is 333 g/mol. The maximum absolute atomic E-state index is 12.4. The second-order valence-corrected chi connectivity index (χ2v) is 9.23. The van der Waals surface area contributed by atoms with E-state index in [-0.39, 0.29) is 23.4 Å². The molecule has 0 spiro atoms. The van der Waals surface area contributed by atoms with Crippen molar-refractivity contribution in [2.24, 2.45) is 0 Å². The third kappa shape index (κ3) is 3.06. The Kier molecular flexibility index (Phi) is 3.83. The van der Waals surface area contributed by atoms with Gasteiger partial charge in [-0.05, 0) is 38.8 Å². The van der Waals surface area contributed by atoms with Crippen LogP contribution in [-0.2, 0) is 9.84 Å². The Morgan fingerprint density at radius 2 is 1.96 bits per heavy atom. The van der Waals surface area contributed by atoms with E-state index >= 15 is 0 Å². The second kappa shape index (κ2) is 5.56. The number of amides is 1. The number of hydrogen-bond acceptors (Lipinski definition) is 5. The summed E-state index contributed by atoms with van der Waals surface area (Å²) >= 11 is 0. The molecule has 1 unspecified atom stereocenters. The summed E-state index contributed by atoms with van der Waals surface area (Å²) in [5.74, 6) is -0.225. The van der Waals surface area contributed by atoms with Gasteiger partial charge in [-0.2, -0.15) is 0 Å². The molecule has 0 saturated carbocycles. The molecule has 7 heteroatoms. The molecule has 1 aliphatic heterocycles. The van der Waals surface area contributed by atoms with Gasteiger partial charge in [0.15, 0.2) is 9.84 Å². The van der Waals surface area contributed by atoms with Crippen molar-refractivity contribution < 1.29 is 13.2 Å². The lowest BCUT2D eigenvalue weighted by atomic mass is 10.00. The fraction of sp³-hybridized carbons (Fsp3) is 0.438. The van der Waals surface area contributed by atoms with Crippen molar-refractivity contribution >= 4 is 26.8 Å². The lowest BCUT2D eigenvalue weighted by Gasteiger charge is -2.35. The van der Waals surface area contributed by atoms with E-state index in [0.717, 1.165) is 5.52 Å². The van der Waals surface area contributed by atoms with E-state index in [4.69, 9.17) is 0 Å². The van der Waals surface area contributed by atoms with E-state index in [1.165, 1.54) is 6.20 Å². The fourth-order valence-electron chi connectivity index (χ4n) is 2.85. The van der Waals surface area contributed by atoms with Crippen LogP contribution in [0.3, 0.4) is 0 Å². The molecule has 1 fully saturated rings. The average Bonchev–Trinajstić information content (AvgIpc) is 2.50. The molecule has 2 aromatic rings. The summed E-state index contributed by atoms with van der Waals surface area (Å²) < 4.78 is 23.2. The fourth-order valence-corrected chi connectivity index (χ4v) is 4.45. The molecule has 1 N–H and O–H groups in total. The molecule has 0 bridgehead atoms. The number of hydrogen-bond donors (Lipinski definition) is 1. The first kappa shape index (κ1) is 15.9. The van der Waals surface area contributed by atoms with E-state index in [0.29, 0.717) is 18.4 Å². The molecule has 23 heavy (non-hydrogen) atoms. The molecule has 0 aliphatic carbocycles. The van der Waals surface area contributed by atoms with Crippen molar-refractivity contribution in [3.05, 3.63) is 36.2 Å². The van der Waals surface area contributed by atoms with Crippen LogP contribution in [0.15, 0.2) is 30.5 Å². The number of fused-ring (bicyclic) bond motifs is 1. The predicted octanol–water partition coefficient (Wildman–Crippen LogP) is 1.72. The van der Waals surface area contributed by atoms with E-state index in [1.54, 1.807) is 19.9 Å². The van der Waals surface area contributed by atoms with Crippen molar-refractivity contribution in [1.29, 1.82) is 0 Å². The topological polar surface area (TPSA) is 89.0 Å². The molecule has 1 amide bonds. The number of benzene rings is 1. The summed E-state index contributed by atoms with van der Waals surface area (Å²) in [5, 5.41) is 2.89. The van der Waals surface area contributed by atoms with Crippen LogP contribution in [0.25, 0.3) is 11.0 Å². The normalized spacial score (nSPS) is 22.6. The number of aromatic nitrogens is 2. The van der Waals surface area contributed by atoms with Crippen LogP contribution >= 0.6 is 0 Å². The van der Waals surface area contributed by atoms with Crippen molar-refractivity contribution in [2.75, 3.05) is 5.75 Å². The Balaban J connectivity index is 1.76. The van der Waals surface area contributed by atoms with Gasteiger partial charge in [-0.15, -0.1) is 0 Å². The molecule has 1 saturated heterocycles. The Morgan fingerprint density at radius 1 is 1.26 bits per heavy atom. The van der Waals surface area contributed by atoms with Gasteiger partial charge in [0.2, 0.25) is 0 Å². The van der Waals surface area contributed by atoms with Gasteiger partial charge in [0.05, 0.1) is 27.7 Å². The van der Waals surface area contributed by atoms with E-state index in [1.807, 2.05) is 18.2 Å². The first-order valence-electron chi connectivity index (χ1n) is 7.53. The zero-order valence-corrected chi connectivity index (χ0v) is 13.9. The number of nitrogens with zero attached hydrogens (tertiary/aromatic N) is 2. The molecule has 1 atom stereocenters. The highest BCUT2D eigenvalue weighted by molar-refractivity contribution is 7.92. The lowest BCUT2D eigenvalue weighted by molar-refractivity contribution is 0.0925. The van der Waals surface area contributed by atoms with Crippen LogP contribution in [0.2, 0.25) is 0 Å². The highest BCUT2D eigenvalue weighted by atomic mass is 32.2. The van der Waals surface area contributed by atoms with Gasteiger partial charge in [0, 0.05) is 6.04 Å². The summed E-state index contributed by atoms with van der Waals surface area (Å²) in [5.41, 5.74) is 1.63. The maximum Gasteiger partial charge on any atom is 0.271 e. The van der Waals surface area contributed by atoms with Crippen LogP contribution in [-0.4, -0.2) is 40.8 Å². The molecule has 2 heterocycles. The zero-order chi connectivity index (χ0) is 16.7. The number of carbonyl (C=O) groups excluding carboxylic acids is 1.